The van der Waals surface area contributed by atoms with Crippen LogP contribution in [0.5, 0.6) is 0 Å². The van der Waals surface area contributed by atoms with Crippen LogP contribution in [0.25, 0.3) is 0 Å². The second-order valence-corrected chi connectivity index (χ2v) is 7.52. The van der Waals surface area contributed by atoms with Crippen molar-refractivity contribution in [2.75, 3.05) is 41.3 Å². The van der Waals surface area contributed by atoms with Crippen molar-refractivity contribution in [2.45, 2.75) is 39.2 Å². The molecule has 0 radical (unpaired) electrons. The number of carbonyl (C=O) groups excluding carboxylic acids is 1. The maximum Gasteiger partial charge on any atom is 0.243 e. The molecule has 1 unspecified atom stereocenters. The third-order valence-electron chi connectivity index (χ3n) is 5.31. The Morgan fingerprint density at radius 3 is 2.54 bits per heavy atom. The highest BCUT2D eigenvalue weighted by molar-refractivity contribution is 5.95. The van der Waals surface area contributed by atoms with Crippen LogP contribution in [0.4, 0.5) is 17.1 Å². The Morgan fingerprint density at radius 1 is 1.18 bits per heavy atom. The maximum absolute atomic E-state index is 12.7. The predicted molar refractivity (Wildman–Crippen MR) is 116 cm³/mol. The van der Waals surface area contributed by atoms with E-state index in [1.807, 2.05) is 55.1 Å². The van der Waals surface area contributed by atoms with Crippen molar-refractivity contribution >= 4 is 23.0 Å². The van der Waals surface area contributed by atoms with Crippen molar-refractivity contribution < 1.29 is 9.90 Å². The van der Waals surface area contributed by atoms with Gasteiger partial charge in [-0.15, -0.1) is 0 Å². The number of nitrogens with one attached hydrogen (secondary N) is 1. The number of hydrogen-bond acceptors (Lipinski definition) is 4. The molecule has 1 atom stereocenters. The van der Waals surface area contributed by atoms with Gasteiger partial charge in [0.1, 0.15) is 0 Å². The number of anilines is 3. The Bertz CT molecular complexity index is 773. The number of benzene rings is 2. The summed E-state index contributed by atoms with van der Waals surface area (Å²) in [6.45, 7) is 6.83. The van der Waals surface area contributed by atoms with Gasteiger partial charge in [0.05, 0.1) is 12.6 Å². The second kappa shape index (κ2) is 9.60. The average molecular weight is 382 g/mol. The van der Waals surface area contributed by atoms with Gasteiger partial charge in [0.2, 0.25) is 5.91 Å². The van der Waals surface area contributed by atoms with E-state index in [1.165, 1.54) is 18.5 Å². The third-order valence-corrected chi connectivity index (χ3v) is 5.31. The van der Waals surface area contributed by atoms with Crippen LogP contribution in [0.2, 0.25) is 0 Å². The standard InChI is InChI=1S/C23H31N3O2/c1-3-21(27)16-26(19-9-5-4-6-10-19)17-23(28)24-22-12-11-20(15-18(22)2)25-13-7-8-14-25/h4-6,9-12,15,21,27H,3,7-8,13-14,16-17H2,1-2H3,(H,24,28). The maximum atomic E-state index is 12.7. The quantitative estimate of drug-likeness (QED) is 0.730. The summed E-state index contributed by atoms with van der Waals surface area (Å²) in [5.74, 6) is -0.0795. The van der Waals surface area contributed by atoms with E-state index in [1.54, 1.807) is 0 Å². The summed E-state index contributed by atoms with van der Waals surface area (Å²) in [5.41, 5.74) is 4.07. The molecule has 0 bridgehead atoms. The molecule has 5 heteroatoms. The van der Waals surface area contributed by atoms with Gasteiger partial charge in [-0.25, -0.2) is 0 Å². The summed E-state index contributed by atoms with van der Waals surface area (Å²) < 4.78 is 0. The van der Waals surface area contributed by atoms with Gasteiger partial charge in [-0.3, -0.25) is 4.79 Å². The van der Waals surface area contributed by atoms with Gasteiger partial charge in [0, 0.05) is 36.7 Å². The predicted octanol–water partition coefficient (Wildman–Crippen LogP) is 3.81. The van der Waals surface area contributed by atoms with E-state index < -0.39 is 6.10 Å². The fourth-order valence-electron chi connectivity index (χ4n) is 3.61. The largest absolute Gasteiger partial charge is 0.391 e. The number of rotatable bonds is 8. The first-order valence-corrected chi connectivity index (χ1v) is 10.2. The zero-order valence-electron chi connectivity index (χ0n) is 16.9. The van der Waals surface area contributed by atoms with Gasteiger partial charge in [-0.2, -0.15) is 0 Å². The minimum atomic E-state index is -0.463. The molecule has 1 amide bonds. The van der Waals surface area contributed by atoms with Gasteiger partial charge in [0.15, 0.2) is 0 Å². The van der Waals surface area contributed by atoms with Crippen LogP contribution in [0, 0.1) is 6.92 Å². The molecule has 28 heavy (non-hydrogen) atoms. The summed E-state index contributed by atoms with van der Waals surface area (Å²) in [6, 6.07) is 16.0. The highest BCUT2D eigenvalue weighted by Gasteiger charge is 2.17. The van der Waals surface area contributed by atoms with E-state index in [4.69, 9.17) is 0 Å². The first kappa shape index (κ1) is 20.2. The monoisotopic (exact) mass is 381 g/mol. The van der Waals surface area contributed by atoms with Crippen LogP contribution < -0.4 is 15.1 Å². The molecule has 150 valence electrons. The highest BCUT2D eigenvalue weighted by Crippen LogP contribution is 2.25. The normalized spacial score (nSPS) is 14.8. The number of nitrogens with zero attached hydrogens (tertiary/aromatic N) is 2. The Labute approximate surface area is 168 Å². The Hall–Kier alpha value is -2.53. The van der Waals surface area contributed by atoms with Crippen molar-refractivity contribution in [1.29, 1.82) is 0 Å². The van der Waals surface area contributed by atoms with Crippen molar-refractivity contribution in [3.8, 4) is 0 Å². The van der Waals surface area contributed by atoms with Crippen LogP contribution in [-0.4, -0.2) is 43.3 Å². The van der Waals surface area contributed by atoms with E-state index in [-0.39, 0.29) is 12.5 Å². The van der Waals surface area contributed by atoms with Gasteiger partial charge in [-0.1, -0.05) is 25.1 Å². The summed E-state index contributed by atoms with van der Waals surface area (Å²) in [7, 11) is 0. The minimum absolute atomic E-state index is 0.0795. The summed E-state index contributed by atoms with van der Waals surface area (Å²) in [4.78, 5) is 17.0. The first-order valence-electron chi connectivity index (χ1n) is 10.2. The Morgan fingerprint density at radius 2 is 1.89 bits per heavy atom. The fourth-order valence-corrected chi connectivity index (χ4v) is 3.61. The van der Waals surface area contributed by atoms with Gasteiger partial charge in [-0.05, 0) is 62.1 Å². The fraction of sp³-hybridized carbons (Fsp3) is 0.435. The molecule has 0 saturated carbocycles. The molecule has 1 heterocycles. The van der Waals surface area contributed by atoms with E-state index in [0.29, 0.717) is 13.0 Å². The molecular weight excluding hydrogens is 350 g/mol. The van der Waals surface area contributed by atoms with E-state index in [2.05, 4.69) is 22.3 Å². The molecule has 5 nitrogen and oxygen atoms in total. The zero-order valence-corrected chi connectivity index (χ0v) is 16.9. The minimum Gasteiger partial charge on any atom is -0.391 e. The average Bonchev–Trinajstić information content (AvgIpc) is 3.24. The first-order chi connectivity index (χ1) is 13.6. The SMILES string of the molecule is CCC(O)CN(CC(=O)Nc1ccc(N2CCCC2)cc1C)c1ccccc1. The number of aliphatic hydroxyl groups is 1. The second-order valence-electron chi connectivity index (χ2n) is 7.52. The van der Waals surface area contributed by atoms with Crippen LogP contribution in [0.1, 0.15) is 31.7 Å². The molecule has 1 saturated heterocycles. The van der Waals surface area contributed by atoms with Crippen molar-refractivity contribution in [3.63, 3.8) is 0 Å². The van der Waals surface area contributed by atoms with Gasteiger partial charge >= 0.3 is 0 Å². The van der Waals surface area contributed by atoms with Crippen LogP contribution in [0.3, 0.4) is 0 Å². The molecule has 2 aromatic carbocycles. The lowest BCUT2D eigenvalue weighted by molar-refractivity contribution is -0.115. The van der Waals surface area contributed by atoms with Crippen molar-refractivity contribution in [1.82, 2.24) is 0 Å². The van der Waals surface area contributed by atoms with E-state index in [0.717, 1.165) is 30.0 Å². The molecule has 0 spiro atoms. The molecule has 0 aromatic heterocycles. The number of hydrogen-bond donors (Lipinski definition) is 2. The summed E-state index contributed by atoms with van der Waals surface area (Å²) in [5, 5.41) is 13.1. The van der Waals surface area contributed by atoms with Crippen molar-refractivity contribution in [3.05, 3.63) is 54.1 Å². The highest BCUT2D eigenvalue weighted by atomic mass is 16.3. The zero-order chi connectivity index (χ0) is 19.9. The lowest BCUT2D eigenvalue weighted by Gasteiger charge is -2.26. The number of aryl methyl sites for hydroxylation is 1. The lowest BCUT2D eigenvalue weighted by Crippen LogP contribution is -2.38. The number of para-hydroxylation sites is 1. The molecule has 0 aliphatic carbocycles. The van der Waals surface area contributed by atoms with E-state index in [9.17, 15) is 9.90 Å². The number of carbonyl (C=O) groups is 1. The van der Waals surface area contributed by atoms with E-state index >= 15 is 0 Å². The van der Waals surface area contributed by atoms with Crippen LogP contribution in [0.15, 0.2) is 48.5 Å². The molecular formula is C23H31N3O2. The Kier molecular flexibility index (Phi) is 6.93. The molecule has 2 aromatic rings. The number of amides is 1. The molecule has 1 aliphatic heterocycles. The molecule has 1 aliphatic rings. The van der Waals surface area contributed by atoms with Crippen LogP contribution >= 0.6 is 0 Å². The smallest absolute Gasteiger partial charge is 0.243 e. The lowest BCUT2D eigenvalue weighted by atomic mass is 10.1. The van der Waals surface area contributed by atoms with Gasteiger partial charge < -0.3 is 20.2 Å². The molecule has 1 fully saturated rings. The topological polar surface area (TPSA) is 55.8 Å². The summed E-state index contributed by atoms with van der Waals surface area (Å²) >= 11 is 0. The van der Waals surface area contributed by atoms with Crippen LogP contribution in [-0.2, 0) is 4.79 Å². The Balaban J connectivity index is 1.67. The van der Waals surface area contributed by atoms with Crippen molar-refractivity contribution in [2.24, 2.45) is 0 Å². The van der Waals surface area contributed by atoms with Gasteiger partial charge in [0.25, 0.3) is 0 Å². The third kappa shape index (κ3) is 5.26. The molecule has 2 N–H and O–H groups in total. The summed E-state index contributed by atoms with van der Waals surface area (Å²) in [6.07, 6.45) is 2.68. The molecule has 3 rings (SSSR count). The number of aliphatic hydroxyl groups excluding tert-OH is 1.